The van der Waals surface area contributed by atoms with E-state index in [-0.39, 0.29) is 5.56 Å². The van der Waals surface area contributed by atoms with E-state index < -0.39 is 5.97 Å². The van der Waals surface area contributed by atoms with Gasteiger partial charge in [-0.2, -0.15) is 5.10 Å². The number of benzene rings is 3. The maximum atomic E-state index is 12.1. The van der Waals surface area contributed by atoms with Crippen molar-refractivity contribution < 1.29 is 14.6 Å². The van der Waals surface area contributed by atoms with Gasteiger partial charge in [0, 0.05) is 18.0 Å². The zero-order chi connectivity index (χ0) is 25.4. The molecule has 0 spiro atoms. The minimum atomic E-state index is -1.06. The van der Waals surface area contributed by atoms with Crippen LogP contribution in [0.4, 0.5) is 11.5 Å². The molecule has 0 saturated heterocycles. The molecule has 0 unspecified atom stereocenters. The summed E-state index contributed by atoms with van der Waals surface area (Å²) in [6.45, 7) is 5.98. The zero-order valence-electron chi connectivity index (χ0n) is 20.4. The number of carbonyl (C=O) groups is 1. The summed E-state index contributed by atoms with van der Waals surface area (Å²) < 4.78 is 7.08. The molecule has 0 aliphatic carbocycles. The summed E-state index contributed by atoms with van der Waals surface area (Å²) in [6, 6.07) is 16.9. The van der Waals surface area contributed by atoms with Crippen LogP contribution in [-0.2, 0) is 0 Å². The second-order valence-corrected chi connectivity index (χ2v) is 8.56. The Kier molecular flexibility index (Phi) is 5.85. The molecular weight excluding hydrogens is 454 g/mol. The third-order valence-electron chi connectivity index (χ3n) is 6.20. The average molecular weight is 480 g/mol. The van der Waals surface area contributed by atoms with Crippen LogP contribution in [-0.4, -0.2) is 37.9 Å². The average Bonchev–Trinajstić information content (AvgIpc) is 3.19. The number of nitrogens with zero attached hydrogens (tertiary/aromatic N) is 4. The molecule has 0 aliphatic rings. The first-order valence-electron chi connectivity index (χ1n) is 11.4. The van der Waals surface area contributed by atoms with Crippen LogP contribution in [0.3, 0.4) is 0 Å². The van der Waals surface area contributed by atoms with Gasteiger partial charge in [-0.3, -0.25) is 9.97 Å². The summed E-state index contributed by atoms with van der Waals surface area (Å²) in [5, 5.41) is 18.2. The van der Waals surface area contributed by atoms with E-state index in [1.165, 1.54) is 13.2 Å². The maximum absolute atomic E-state index is 12.1. The minimum absolute atomic E-state index is 0.0941. The summed E-state index contributed by atoms with van der Waals surface area (Å²) in [5.41, 5.74) is 7.60. The molecule has 5 aromatic rings. The lowest BCUT2D eigenvalue weighted by atomic mass is 9.99. The maximum Gasteiger partial charge on any atom is 0.337 e. The largest absolute Gasteiger partial charge is 0.497 e. The van der Waals surface area contributed by atoms with Crippen LogP contribution in [0.15, 0.2) is 67.0 Å². The molecule has 180 valence electrons. The van der Waals surface area contributed by atoms with Crippen LogP contribution >= 0.6 is 0 Å². The van der Waals surface area contributed by atoms with Gasteiger partial charge in [-0.05, 0) is 73.9 Å². The van der Waals surface area contributed by atoms with Gasteiger partial charge in [0.1, 0.15) is 11.6 Å². The fraction of sp³-hybridized carbons (Fsp3) is 0.143. The number of rotatable bonds is 6. The summed E-state index contributed by atoms with van der Waals surface area (Å²) >= 11 is 0. The van der Waals surface area contributed by atoms with Crippen molar-refractivity contribution in [3.63, 3.8) is 0 Å². The van der Waals surface area contributed by atoms with Crippen LogP contribution in [0, 0.1) is 20.8 Å². The number of fused-ring (bicyclic) bond motifs is 1. The van der Waals surface area contributed by atoms with Crippen LogP contribution in [0.2, 0.25) is 0 Å². The van der Waals surface area contributed by atoms with Crippen molar-refractivity contribution in [3.8, 4) is 22.6 Å². The number of ether oxygens (including phenoxy) is 1. The molecule has 0 bridgehead atoms. The second-order valence-electron chi connectivity index (χ2n) is 8.56. The molecule has 2 heterocycles. The van der Waals surface area contributed by atoms with Crippen molar-refractivity contribution in [1.82, 2.24) is 19.7 Å². The van der Waals surface area contributed by atoms with Crippen molar-refractivity contribution in [2.75, 3.05) is 12.4 Å². The van der Waals surface area contributed by atoms with Crippen molar-refractivity contribution >= 4 is 28.5 Å². The highest BCUT2D eigenvalue weighted by Gasteiger charge is 2.23. The highest BCUT2D eigenvalue weighted by Crippen LogP contribution is 2.39. The van der Waals surface area contributed by atoms with Crippen molar-refractivity contribution in [1.29, 1.82) is 0 Å². The number of aromatic nitrogens is 4. The van der Waals surface area contributed by atoms with Gasteiger partial charge in [-0.1, -0.05) is 18.2 Å². The number of hydrogen-bond acceptors (Lipinski definition) is 6. The molecule has 0 atom stereocenters. The number of carboxylic acid groups (broad SMARTS) is 1. The van der Waals surface area contributed by atoms with E-state index in [1.54, 1.807) is 24.5 Å². The highest BCUT2D eigenvalue weighted by molar-refractivity contribution is 5.97. The van der Waals surface area contributed by atoms with Gasteiger partial charge in [-0.15, -0.1) is 0 Å². The van der Waals surface area contributed by atoms with E-state index in [0.29, 0.717) is 17.3 Å². The van der Waals surface area contributed by atoms with Crippen molar-refractivity contribution in [2.45, 2.75) is 20.8 Å². The Morgan fingerprint density at radius 1 is 0.944 bits per heavy atom. The summed E-state index contributed by atoms with van der Waals surface area (Å²) in [7, 11) is 1.51. The molecule has 5 rings (SSSR count). The molecule has 2 N–H and O–H groups in total. The fourth-order valence-corrected chi connectivity index (χ4v) is 4.39. The Balaban J connectivity index is 1.78. The molecule has 8 heteroatoms. The molecule has 0 fully saturated rings. The topological polar surface area (TPSA) is 102 Å². The van der Waals surface area contributed by atoms with Gasteiger partial charge >= 0.3 is 5.97 Å². The van der Waals surface area contributed by atoms with E-state index >= 15 is 0 Å². The molecular formula is C28H25N5O3. The van der Waals surface area contributed by atoms with E-state index in [2.05, 4.69) is 15.3 Å². The smallest absolute Gasteiger partial charge is 0.337 e. The van der Waals surface area contributed by atoms with Crippen LogP contribution in [0.25, 0.3) is 27.8 Å². The number of carboxylic acids is 1. The number of hydrogen-bond donors (Lipinski definition) is 2. The SMILES string of the molecule is COc1ccc(Nc2c(-c3cc4nccnc4cc3C)c(C)nn2-c2ccccc2C)c(C(=O)O)c1. The van der Waals surface area contributed by atoms with E-state index in [4.69, 9.17) is 9.84 Å². The first kappa shape index (κ1) is 23.0. The first-order chi connectivity index (χ1) is 17.4. The Morgan fingerprint density at radius 3 is 2.36 bits per heavy atom. The number of methoxy groups -OCH3 is 1. The quantitative estimate of drug-likeness (QED) is 0.315. The van der Waals surface area contributed by atoms with Crippen LogP contribution in [0.1, 0.15) is 27.2 Å². The van der Waals surface area contributed by atoms with Crippen molar-refractivity contribution in [2.24, 2.45) is 0 Å². The van der Waals surface area contributed by atoms with E-state index in [0.717, 1.165) is 44.7 Å². The lowest BCUT2D eigenvalue weighted by Crippen LogP contribution is -2.08. The molecule has 36 heavy (non-hydrogen) atoms. The van der Waals surface area contributed by atoms with Gasteiger partial charge in [0.05, 0.1) is 40.8 Å². The molecule has 3 aromatic carbocycles. The summed E-state index contributed by atoms with van der Waals surface area (Å²) in [6.07, 6.45) is 3.34. The Morgan fingerprint density at radius 2 is 1.67 bits per heavy atom. The molecule has 0 radical (unpaired) electrons. The minimum Gasteiger partial charge on any atom is -0.497 e. The first-order valence-corrected chi connectivity index (χ1v) is 11.4. The standard InChI is InChI=1S/C28H25N5O3/c1-16-7-5-6-8-25(16)33-27(31-22-10-9-19(36-4)14-21(22)28(34)35)26(18(3)32-33)20-15-24-23(13-17(20)2)29-11-12-30-24/h5-15,31H,1-4H3,(H,34,35). The second kappa shape index (κ2) is 9.14. The van der Waals surface area contributed by atoms with Crippen LogP contribution in [0.5, 0.6) is 5.75 Å². The van der Waals surface area contributed by atoms with Gasteiger partial charge < -0.3 is 15.2 Å². The van der Waals surface area contributed by atoms with Gasteiger partial charge in [0.25, 0.3) is 0 Å². The lowest BCUT2D eigenvalue weighted by molar-refractivity contribution is 0.0697. The molecule has 2 aromatic heterocycles. The third-order valence-corrected chi connectivity index (χ3v) is 6.20. The number of para-hydroxylation sites is 1. The van der Waals surface area contributed by atoms with E-state index in [9.17, 15) is 9.90 Å². The Hall–Kier alpha value is -4.72. The predicted octanol–water partition coefficient (Wildman–Crippen LogP) is 5.86. The van der Waals surface area contributed by atoms with Crippen LogP contribution < -0.4 is 10.1 Å². The molecule has 0 amide bonds. The van der Waals surface area contributed by atoms with Gasteiger partial charge in [0.2, 0.25) is 0 Å². The Labute approximate surface area is 208 Å². The number of aryl methyl sites for hydroxylation is 3. The number of aromatic carboxylic acids is 1. The zero-order valence-corrected chi connectivity index (χ0v) is 20.4. The number of nitrogens with one attached hydrogen (secondary N) is 1. The normalized spacial score (nSPS) is 11.0. The number of anilines is 2. The summed E-state index contributed by atoms with van der Waals surface area (Å²) in [5.74, 6) is 0.0558. The Bertz CT molecular complexity index is 1620. The third kappa shape index (κ3) is 4.02. The lowest BCUT2D eigenvalue weighted by Gasteiger charge is -2.17. The van der Waals surface area contributed by atoms with E-state index in [1.807, 2.05) is 61.9 Å². The monoisotopic (exact) mass is 479 g/mol. The molecule has 0 aliphatic heterocycles. The fourth-order valence-electron chi connectivity index (χ4n) is 4.39. The van der Waals surface area contributed by atoms with Gasteiger partial charge in [-0.25, -0.2) is 9.48 Å². The highest BCUT2D eigenvalue weighted by atomic mass is 16.5. The predicted molar refractivity (Wildman–Crippen MR) is 140 cm³/mol. The molecule has 0 saturated carbocycles. The van der Waals surface area contributed by atoms with Gasteiger partial charge in [0.15, 0.2) is 0 Å². The summed E-state index contributed by atoms with van der Waals surface area (Å²) in [4.78, 5) is 21.0. The molecule has 8 nitrogen and oxygen atoms in total. The van der Waals surface area contributed by atoms with Crippen molar-refractivity contribution in [3.05, 3.63) is 89.4 Å².